The fraction of sp³-hybridized carbons (Fsp3) is 0.321. The van der Waals surface area contributed by atoms with E-state index in [0.29, 0.717) is 61.5 Å². The number of pyridine rings is 1. The second kappa shape index (κ2) is 11.5. The van der Waals surface area contributed by atoms with Gasteiger partial charge in [-0.15, -0.1) is 0 Å². The number of aliphatic hydroxyl groups excluding tert-OH is 1. The number of carbonyl (C=O) groups excluding carboxylic acids is 1. The smallest absolute Gasteiger partial charge is 0.326 e. The molecule has 38 heavy (non-hydrogen) atoms. The molecular weight excluding hydrogens is 509 g/mol. The average molecular weight is 538 g/mol. The Morgan fingerprint density at radius 2 is 1.87 bits per heavy atom. The maximum absolute atomic E-state index is 15.0. The highest BCUT2D eigenvalue weighted by atomic mass is 35.5. The lowest BCUT2D eigenvalue weighted by molar-refractivity contribution is 0.0906. The number of nitrogens with zero attached hydrogens (tertiary/aromatic N) is 3. The number of carbonyl (C=O) groups is 1. The molecule has 0 spiro atoms. The predicted octanol–water partition coefficient (Wildman–Crippen LogP) is 3.86. The van der Waals surface area contributed by atoms with Gasteiger partial charge in [0, 0.05) is 55.7 Å². The molecular formula is C28H29ClFN5O3. The number of aliphatic hydroxyl groups is 1. The van der Waals surface area contributed by atoms with Crippen LogP contribution in [0.1, 0.15) is 46.5 Å². The number of aromatic amines is 1. The third-order valence-corrected chi connectivity index (χ3v) is 7.36. The van der Waals surface area contributed by atoms with Crippen LogP contribution >= 0.6 is 11.6 Å². The summed E-state index contributed by atoms with van der Waals surface area (Å²) in [6, 6.07) is 13.4. The molecule has 0 radical (unpaired) electrons. The maximum Gasteiger partial charge on any atom is 0.326 e. The monoisotopic (exact) mass is 537 g/mol. The molecule has 4 aromatic rings. The predicted molar refractivity (Wildman–Crippen MR) is 144 cm³/mol. The minimum Gasteiger partial charge on any atom is -0.387 e. The molecule has 0 saturated carbocycles. The summed E-state index contributed by atoms with van der Waals surface area (Å²) >= 11 is 5.93. The first-order valence-electron chi connectivity index (χ1n) is 12.7. The van der Waals surface area contributed by atoms with Crippen LogP contribution < -0.4 is 11.0 Å². The first-order chi connectivity index (χ1) is 18.4. The van der Waals surface area contributed by atoms with Crippen LogP contribution in [0.3, 0.4) is 0 Å². The Kier molecular flexibility index (Phi) is 7.87. The summed E-state index contributed by atoms with van der Waals surface area (Å²) in [5, 5.41) is 14.0. The molecule has 1 fully saturated rings. The summed E-state index contributed by atoms with van der Waals surface area (Å²) in [6.45, 7) is 2.21. The Bertz CT molecular complexity index is 1460. The SMILES string of the molecule is O=C(NCCc1ccncc1)c1cc2[nH]c(=O)n(C3CCN(CC(O)c4ccc(Cl)cc4)CC3)c2cc1F. The largest absolute Gasteiger partial charge is 0.387 e. The number of piperidine rings is 1. The van der Waals surface area contributed by atoms with Gasteiger partial charge in [0.25, 0.3) is 5.91 Å². The van der Waals surface area contributed by atoms with Crippen molar-refractivity contribution in [1.82, 2.24) is 24.8 Å². The van der Waals surface area contributed by atoms with E-state index in [1.165, 1.54) is 12.1 Å². The number of amides is 1. The molecule has 1 saturated heterocycles. The number of β-amino-alcohol motifs (C(OH)–C–C–N with tert-alkyl or cyclic N) is 1. The van der Waals surface area contributed by atoms with Crippen molar-refractivity contribution in [2.24, 2.45) is 0 Å². The van der Waals surface area contributed by atoms with Crippen LogP contribution in [0.15, 0.2) is 65.7 Å². The van der Waals surface area contributed by atoms with Crippen LogP contribution in [0, 0.1) is 5.82 Å². The summed E-state index contributed by atoms with van der Waals surface area (Å²) in [7, 11) is 0. The molecule has 1 aliphatic rings. The molecule has 0 bridgehead atoms. The molecule has 5 rings (SSSR count). The molecule has 198 valence electrons. The summed E-state index contributed by atoms with van der Waals surface area (Å²) < 4.78 is 16.6. The number of aromatic nitrogens is 3. The Balaban J connectivity index is 1.23. The normalized spacial score (nSPS) is 15.6. The van der Waals surface area contributed by atoms with E-state index in [9.17, 15) is 14.7 Å². The van der Waals surface area contributed by atoms with E-state index in [0.717, 1.165) is 11.1 Å². The van der Waals surface area contributed by atoms with Gasteiger partial charge in [0.15, 0.2) is 0 Å². The Morgan fingerprint density at radius 1 is 1.16 bits per heavy atom. The number of nitrogens with one attached hydrogen (secondary N) is 2. The Morgan fingerprint density at radius 3 is 2.58 bits per heavy atom. The number of imidazole rings is 1. The van der Waals surface area contributed by atoms with Crippen LogP contribution in [0.25, 0.3) is 11.0 Å². The van der Waals surface area contributed by atoms with Crippen molar-refractivity contribution in [2.45, 2.75) is 31.4 Å². The summed E-state index contributed by atoms with van der Waals surface area (Å²) in [6.07, 6.45) is 4.68. The highest BCUT2D eigenvalue weighted by Crippen LogP contribution is 2.28. The number of likely N-dealkylation sites (tertiary alicyclic amines) is 1. The number of H-pyrrole nitrogens is 1. The number of hydrogen-bond donors (Lipinski definition) is 3. The Hall–Kier alpha value is -3.53. The lowest BCUT2D eigenvalue weighted by Gasteiger charge is -2.33. The van der Waals surface area contributed by atoms with Crippen molar-refractivity contribution < 1.29 is 14.3 Å². The molecule has 8 nitrogen and oxygen atoms in total. The van der Waals surface area contributed by atoms with Gasteiger partial charge >= 0.3 is 5.69 Å². The summed E-state index contributed by atoms with van der Waals surface area (Å²) in [5.74, 6) is -1.20. The summed E-state index contributed by atoms with van der Waals surface area (Å²) in [4.78, 5) is 34.4. The van der Waals surface area contributed by atoms with Crippen molar-refractivity contribution in [3.63, 3.8) is 0 Å². The zero-order valence-corrected chi connectivity index (χ0v) is 21.5. The third-order valence-electron chi connectivity index (χ3n) is 7.11. The topological polar surface area (TPSA) is 103 Å². The molecule has 10 heteroatoms. The first kappa shape index (κ1) is 26.1. The van der Waals surface area contributed by atoms with Crippen molar-refractivity contribution in [3.8, 4) is 0 Å². The maximum atomic E-state index is 15.0. The first-order valence-corrected chi connectivity index (χ1v) is 13.0. The molecule has 1 unspecified atom stereocenters. The van der Waals surface area contributed by atoms with Crippen molar-refractivity contribution >= 4 is 28.5 Å². The zero-order valence-electron chi connectivity index (χ0n) is 20.7. The van der Waals surface area contributed by atoms with E-state index in [1.807, 2.05) is 24.3 Å². The lowest BCUT2D eigenvalue weighted by atomic mass is 10.0. The van der Waals surface area contributed by atoms with Gasteiger partial charge in [-0.1, -0.05) is 23.7 Å². The van der Waals surface area contributed by atoms with Crippen LogP contribution in [-0.4, -0.2) is 56.6 Å². The van der Waals surface area contributed by atoms with Crippen molar-refractivity contribution in [1.29, 1.82) is 0 Å². The Labute approximate surface area is 224 Å². The fourth-order valence-electron chi connectivity index (χ4n) is 5.04. The number of fused-ring (bicyclic) bond motifs is 1. The van der Waals surface area contributed by atoms with Crippen molar-refractivity contribution in [2.75, 3.05) is 26.2 Å². The molecule has 1 aliphatic heterocycles. The molecule has 2 aromatic carbocycles. The van der Waals surface area contributed by atoms with Gasteiger partial charge in [-0.25, -0.2) is 9.18 Å². The minimum absolute atomic E-state index is 0.105. The van der Waals surface area contributed by atoms with Crippen molar-refractivity contribution in [3.05, 3.63) is 98.9 Å². The van der Waals surface area contributed by atoms with Gasteiger partial charge in [0.05, 0.1) is 22.7 Å². The molecule has 2 aromatic heterocycles. The van der Waals surface area contributed by atoms with E-state index in [-0.39, 0.29) is 17.3 Å². The van der Waals surface area contributed by atoms with E-state index >= 15 is 4.39 Å². The van der Waals surface area contributed by atoms with E-state index in [4.69, 9.17) is 11.6 Å². The van der Waals surface area contributed by atoms with Crippen LogP contribution in [0.5, 0.6) is 0 Å². The van der Waals surface area contributed by atoms with Gasteiger partial charge in [-0.2, -0.15) is 0 Å². The second-order valence-corrected chi connectivity index (χ2v) is 10.0. The highest BCUT2D eigenvalue weighted by molar-refractivity contribution is 6.30. The number of halogens is 2. The molecule has 1 atom stereocenters. The minimum atomic E-state index is -0.671. The number of hydrogen-bond acceptors (Lipinski definition) is 5. The standard InChI is InChI=1S/C28H29ClFN5O3/c29-20-3-1-19(2-4-20)26(36)17-34-13-8-21(9-14-34)35-25-16-23(30)22(15-24(25)33-28(35)38)27(37)32-12-7-18-5-10-31-11-6-18/h1-6,10-11,15-16,21,26,36H,7-9,12-14,17H2,(H,32,37)(H,33,38). The van der Waals surface area contributed by atoms with E-state index in [1.54, 1.807) is 29.1 Å². The number of benzene rings is 2. The molecule has 0 aliphatic carbocycles. The van der Waals surface area contributed by atoms with Gasteiger partial charge < -0.3 is 20.3 Å². The van der Waals surface area contributed by atoms with Crippen LogP contribution in [0.2, 0.25) is 5.02 Å². The summed E-state index contributed by atoms with van der Waals surface area (Å²) in [5.41, 5.74) is 2.26. The second-order valence-electron chi connectivity index (χ2n) is 9.61. The highest BCUT2D eigenvalue weighted by Gasteiger charge is 2.26. The molecule has 1 amide bonds. The number of rotatable bonds is 8. The van der Waals surface area contributed by atoms with Gasteiger partial charge in [0.2, 0.25) is 0 Å². The van der Waals surface area contributed by atoms with Gasteiger partial charge in [-0.05, 0) is 60.7 Å². The third kappa shape index (κ3) is 5.80. The van der Waals surface area contributed by atoms with Gasteiger partial charge in [-0.3, -0.25) is 14.3 Å². The van der Waals surface area contributed by atoms with E-state index in [2.05, 4.69) is 20.2 Å². The van der Waals surface area contributed by atoms with Crippen LogP contribution in [0.4, 0.5) is 4.39 Å². The molecule has 3 N–H and O–H groups in total. The van der Waals surface area contributed by atoms with Gasteiger partial charge in [0.1, 0.15) is 5.82 Å². The molecule has 3 heterocycles. The fourth-order valence-corrected chi connectivity index (χ4v) is 5.17. The average Bonchev–Trinajstić information content (AvgIpc) is 3.24. The van der Waals surface area contributed by atoms with E-state index < -0.39 is 17.8 Å². The van der Waals surface area contributed by atoms with Crippen LogP contribution in [-0.2, 0) is 6.42 Å². The quantitative estimate of drug-likeness (QED) is 0.317. The zero-order chi connectivity index (χ0) is 26.6. The lowest BCUT2D eigenvalue weighted by Crippen LogP contribution is -2.39.